The first-order valence-corrected chi connectivity index (χ1v) is 12.5. The van der Waals surface area contributed by atoms with Crippen molar-refractivity contribution in [2.45, 2.75) is 24.6 Å². The maximum absolute atomic E-state index is 12.8. The second kappa shape index (κ2) is 8.24. The van der Waals surface area contributed by atoms with Crippen LogP contribution in [-0.2, 0) is 21.1 Å². The van der Waals surface area contributed by atoms with E-state index in [1.807, 2.05) is 36.1 Å². The number of nitrogens with zero attached hydrogens (tertiary/aromatic N) is 2. The molecule has 2 aromatic carbocycles. The van der Waals surface area contributed by atoms with Crippen LogP contribution in [0.15, 0.2) is 47.5 Å². The molecule has 2 fully saturated rings. The van der Waals surface area contributed by atoms with Gasteiger partial charge in [-0.3, -0.25) is 4.79 Å². The van der Waals surface area contributed by atoms with Gasteiger partial charge >= 0.3 is 0 Å². The predicted molar refractivity (Wildman–Crippen MR) is 122 cm³/mol. The van der Waals surface area contributed by atoms with Crippen LogP contribution in [0.1, 0.15) is 11.1 Å². The summed E-state index contributed by atoms with van der Waals surface area (Å²) in [5.41, 5.74) is 2.48. The summed E-state index contributed by atoms with van der Waals surface area (Å²) in [6.45, 7) is 1.93. The molecule has 0 aromatic heterocycles. The highest BCUT2D eigenvalue weighted by atomic mass is 35.5. The van der Waals surface area contributed by atoms with Gasteiger partial charge in [0.25, 0.3) is 5.91 Å². The number of ether oxygens (including phenoxy) is 1. The predicted octanol–water partition coefficient (Wildman–Crippen LogP) is 3.50. The fourth-order valence-corrected chi connectivity index (χ4v) is 7.94. The number of aliphatic imine (C=N–C) groups is 1. The fourth-order valence-electron chi connectivity index (χ4n) is 3.85. The number of hydrogen-bond acceptors (Lipinski definition) is 5. The van der Waals surface area contributed by atoms with Gasteiger partial charge in [0.2, 0.25) is 0 Å². The number of hydrogen-bond donors (Lipinski definition) is 0. The number of thioether (sulfide) groups is 1. The van der Waals surface area contributed by atoms with Crippen LogP contribution in [0.2, 0.25) is 5.02 Å². The number of methoxy groups -OCH3 is 1. The molecule has 2 heterocycles. The van der Waals surface area contributed by atoms with E-state index in [0.717, 1.165) is 16.8 Å². The highest BCUT2D eigenvalue weighted by Gasteiger charge is 2.49. The summed E-state index contributed by atoms with van der Waals surface area (Å²) >= 11 is 7.57. The van der Waals surface area contributed by atoms with E-state index < -0.39 is 9.84 Å². The first-order chi connectivity index (χ1) is 14.3. The molecule has 0 radical (unpaired) electrons. The first-order valence-electron chi connectivity index (χ1n) is 9.43. The first kappa shape index (κ1) is 21.2. The van der Waals surface area contributed by atoms with Crippen molar-refractivity contribution in [3.63, 3.8) is 0 Å². The highest BCUT2D eigenvalue weighted by molar-refractivity contribution is 8.16. The molecule has 2 unspecified atom stereocenters. The Morgan fingerprint density at radius 3 is 2.80 bits per heavy atom. The van der Waals surface area contributed by atoms with Crippen molar-refractivity contribution in [1.29, 1.82) is 0 Å². The Balaban J connectivity index is 1.69. The van der Waals surface area contributed by atoms with E-state index in [-0.39, 0.29) is 35.1 Å². The Morgan fingerprint density at radius 2 is 2.03 bits per heavy atom. The molecule has 1 amide bonds. The molecule has 158 valence electrons. The summed E-state index contributed by atoms with van der Waals surface area (Å²) < 4.78 is 29.8. The van der Waals surface area contributed by atoms with Gasteiger partial charge < -0.3 is 9.64 Å². The molecule has 2 aromatic rings. The molecular formula is C21H21ClN2O4S2. The summed E-state index contributed by atoms with van der Waals surface area (Å²) in [6, 6.07) is 12.5. The average Bonchev–Trinajstić information content (AvgIpc) is 3.15. The van der Waals surface area contributed by atoms with Crippen LogP contribution in [0.4, 0.5) is 5.69 Å². The summed E-state index contributed by atoms with van der Waals surface area (Å²) in [5.74, 6) is 0.444. The summed E-state index contributed by atoms with van der Waals surface area (Å²) in [5, 5.41) is 0.904. The minimum absolute atomic E-state index is 0.0380. The van der Waals surface area contributed by atoms with Crippen LogP contribution in [0.25, 0.3) is 0 Å². The zero-order chi connectivity index (χ0) is 21.5. The quantitative estimate of drug-likeness (QED) is 0.689. The van der Waals surface area contributed by atoms with Gasteiger partial charge in [0, 0.05) is 21.5 Å². The summed E-state index contributed by atoms with van der Waals surface area (Å²) in [7, 11) is -1.57. The van der Waals surface area contributed by atoms with Gasteiger partial charge in [-0.05, 0) is 30.7 Å². The van der Waals surface area contributed by atoms with Crippen LogP contribution in [0.5, 0.6) is 5.75 Å². The molecule has 2 aliphatic heterocycles. The average molecular weight is 465 g/mol. The molecule has 0 aliphatic carbocycles. The smallest absolute Gasteiger partial charge is 0.252 e. The molecule has 0 N–H and O–H groups in total. The molecule has 2 atom stereocenters. The Labute approximate surface area is 185 Å². The molecular weight excluding hydrogens is 444 g/mol. The zero-order valence-electron chi connectivity index (χ0n) is 16.5. The maximum atomic E-state index is 12.8. The number of aryl methyl sites for hydroxylation is 1. The third kappa shape index (κ3) is 4.22. The van der Waals surface area contributed by atoms with Crippen molar-refractivity contribution in [1.82, 2.24) is 0 Å². The lowest BCUT2D eigenvalue weighted by molar-refractivity contribution is -0.117. The monoisotopic (exact) mass is 464 g/mol. The minimum Gasteiger partial charge on any atom is -0.496 e. The molecule has 30 heavy (non-hydrogen) atoms. The second-order valence-corrected chi connectivity index (χ2v) is 11.2. The number of rotatable bonds is 4. The lowest BCUT2D eigenvalue weighted by Crippen LogP contribution is -2.38. The molecule has 4 rings (SSSR count). The Bertz CT molecular complexity index is 1130. The summed E-state index contributed by atoms with van der Waals surface area (Å²) in [6.07, 6.45) is 0.101. The van der Waals surface area contributed by atoms with Crippen molar-refractivity contribution < 1.29 is 17.9 Å². The van der Waals surface area contributed by atoms with Gasteiger partial charge in [-0.15, -0.1) is 0 Å². The number of benzene rings is 2. The van der Waals surface area contributed by atoms with Gasteiger partial charge in [-0.1, -0.05) is 47.6 Å². The molecule has 2 aliphatic rings. The van der Waals surface area contributed by atoms with E-state index in [1.54, 1.807) is 25.3 Å². The number of para-hydroxylation sites is 1. The lowest BCUT2D eigenvalue weighted by atomic mass is 10.1. The van der Waals surface area contributed by atoms with Gasteiger partial charge in [-0.25, -0.2) is 8.42 Å². The van der Waals surface area contributed by atoms with Crippen LogP contribution < -0.4 is 9.64 Å². The zero-order valence-corrected chi connectivity index (χ0v) is 18.9. The molecule has 6 nitrogen and oxygen atoms in total. The molecule has 0 spiro atoms. The standard InChI is InChI=1S/C21H21ClN2O4S2/c1-13-7-8-15(22)10-16(13)24-17-11-30(26,27)12-19(17)29-21(24)23-20(25)9-14-5-3-4-6-18(14)28-2/h3-8,10,17,19H,9,11-12H2,1-2H3. The summed E-state index contributed by atoms with van der Waals surface area (Å²) in [4.78, 5) is 19.0. The van der Waals surface area contributed by atoms with E-state index in [1.165, 1.54) is 11.8 Å². The number of amidine groups is 1. The lowest BCUT2D eigenvalue weighted by Gasteiger charge is -2.26. The number of amides is 1. The largest absolute Gasteiger partial charge is 0.496 e. The number of carbonyl (C=O) groups is 1. The Morgan fingerprint density at radius 1 is 1.27 bits per heavy atom. The van der Waals surface area contributed by atoms with Crippen molar-refractivity contribution in [3.8, 4) is 5.75 Å². The van der Waals surface area contributed by atoms with Gasteiger partial charge in [-0.2, -0.15) is 4.99 Å². The Hall–Kier alpha value is -2.03. The number of fused-ring (bicyclic) bond motifs is 1. The van der Waals surface area contributed by atoms with Crippen molar-refractivity contribution in [2.75, 3.05) is 23.5 Å². The normalized spacial score (nSPS) is 23.6. The molecule has 0 bridgehead atoms. The van der Waals surface area contributed by atoms with Gasteiger partial charge in [0.15, 0.2) is 15.0 Å². The molecule has 0 saturated carbocycles. The van der Waals surface area contributed by atoms with Gasteiger partial charge in [0.1, 0.15) is 5.75 Å². The van der Waals surface area contributed by atoms with Crippen molar-refractivity contribution >= 4 is 50.0 Å². The van der Waals surface area contributed by atoms with E-state index >= 15 is 0 Å². The van der Waals surface area contributed by atoms with Crippen LogP contribution in [0.3, 0.4) is 0 Å². The highest BCUT2D eigenvalue weighted by Crippen LogP contribution is 2.42. The number of sulfone groups is 1. The third-order valence-electron chi connectivity index (χ3n) is 5.25. The van der Waals surface area contributed by atoms with Crippen molar-refractivity contribution in [2.24, 2.45) is 4.99 Å². The van der Waals surface area contributed by atoms with E-state index in [4.69, 9.17) is 16.3 Å². The number of anilines is 1. The minimum atomic E-state index is -3.13. The molecule has 9 heteroatoms. The number of carbonyl (C=O) groups excluding carboxylic acids is 1. The second-order valence-electron chi connectivity index (χ2n) is 7.38. The Kier molecular flexibility index (Phi) is 5.83. The number of halogens is 1. The maximum Gasteiger partial charge on any atom is 0.252 e. The topological polar surface area (TPSA) is 76.0 Å². The van der Waals surface area contributed by atoms with Gasteiger partial charge in [0.05, 0.1) is 31.1 Å². The molecule has 2 saturated heterocycles. The van der Waals surface area contributed by atoms with Crippen LogP contribution >= 0.6 is 23.4 Å². The third-order valence-corrected chi connectivity index (χ3v) is 8.70. The van der Waals surface area contributed by atoms with Crippen molar-refractivity contribution in [3.05, 3.63) is 58.6 Å². The van der Waals surface area contributed by atoms with Crippen LogP contribution in [-0.4, -0.2) is 49.4 Å². The van der Waals surface area contributed by atoms with E-state index in [0.29, 0.717) is 15.9 Å². The van der Waals surface area contributed by atoms with E-state index in [9.17, 15) is 13.2 Å². The van der Waals surface area contributed by atoms with Crippen LogP contribution in [0, 0.1) is 6.92 Å². The van der Waals surface area contributed by atoms with E-state index in [2.05, 4.69) is 4.99 Å². The fraction of sp³-hybridized carbons (Fsp3) is 0.333. The SMILES string of the molecule is COc1ccccc1CC(=O)N=C1SC2CS(=O)(=O)CC2N1c1cc(Cl)ccc1C.